The molecule has 1 aromatic rings. The lowest BCUT2D eigenvalue weighted by Gasteiger charge is -2.16. The summed E-state index contributed by atoms with van der Waals surface area (Å²) < 4.78 is 16.0. The quantitative estimate of drug-likeness (QED) is 0.664. The molecule has 0 aliphatic heterocycles. The van der Waals surface area contributed by atoms with Gasteiger partial charge in [0.15, 0.2) is 0 Å². The van der Waals surface area contributed by atoms with Crippen LogP contribution in [0.2, 0.25) is 10.0 Å². The molecule has 6 heteroatoms. The average Bonchev–Trinajstić information content (AvgIpc) is 2.42. The number of benzene rings is 1. The Hall–Kier alpha value is -0.520. The Morgan fingerprint density at radius 1 is 1.10 bits per heavy atom. The first-order valence-electron chi connectivity index (χ1n) is 6.95. The Morgan fingerprint density at radius 2 is 1.81 bits per heavy atom. The average molecular weight is 336 g/mol. The van der Waals surface area contributed by atoms with Crippen LogP contribution in [0.4, 0.5) is 0 Å². The number of rotatable bonds is 10. The van der Waals surface area contributed by atoms with Crippen LogP contribution in [-0.2, 0) is 16.0 Å². The lowest BCUT2D eigenvalue weighted by atomic mass is 10.2. The molecule has 0 saturated carbocycles. The van der Waals surface area contributed by atoms with Gasteiger partial charge in [0.2, 0.25) is 0 Å². The summed E-state index contributed by atoms with van der Waals surface area (Å²) in [6.07, 6.45) is 0. The van der Waals surface area contributed by atoms with Gasteiger partial charge < -0.3 is 19.5 Å². The molecule has 0 unspecified atom stereocenters. The van der Waals surface area contributed by atoms with E-state index < -0.39 is 0 Å². The van der Waals surface area contributed by atoms with Crippen molar-refractivity contribution < 1.29 is 14.2 Å². The number of nitrogens with one attached hydrogen (secondary N) is 1. The highest BCUT2D eigenvalue weighted by Crippen LogP contribution is 2.32. The first kappa shape index (κ1) is 18.5. The van der Waals surface area contributed by atoms with Crippen molar-refractivity contribution in [1.82, 2.24) is 5.32 Å². The summed E-state index contributed by atoms with van der Waals surface area (Å²) in [6, 6.07) is 3.92. The van der Waals surface area contributed by atoms with Crippen molar-refractivity contribution in [1.29, 1.82) is 0 Å². The lowest BCUT2D eigenvalue weighted by molar-refractivity contribution is 0.0543. The van der Waals surface area contributed by atoms with Gasteiger partial charge in [0.25, 0.3) is 0 Å². The first-order valence-corrected chi connectivity index (χ1v) is 7.71. The summed E-state index contributed by atoms with van der Waals surface area (Å²) in [5, 5.41) is 4.44. The molecule has 1 N–H and O–H groups in total. The molecule has 4 nitrogen and oxygen atoms in total. The van der Waals surface area contributed by atoms with Gasteiger partial charge >= 0.3 is 0 Å². The molecule has 21 heavy (non-hydrogen) atoms. The predicted molar refractivity (Wildman–Crippen MR) is 86.6 cm³/mol. The van der Waals surface area contributed by atoms with Gasteiger partial charge in [0.05, 0.1) is 24.8 Å². The Bertz CT molecular complexity index is 428. The third-order valence-corrected chi connectivity index (χ3v) is 3.19. The molecular formula is C15H23Cl2NO3. The smallest absolute Gasteiger partial charge is 0.142 e. The van der Waals surface area contributed by atoms with E-state index in [1.807, 2.05) is 6.07 Å². The topological polar surface area (TPSA) is 39.7 Å². The molecule has 0 fully saturated rings. The molecule has 0 aromatic heterocycles. The molecule has 0 aliphatic carbocycles. The number of hydrogen-bond donors (Lipinski definition) is 1. The summed E-state index contributed by atoms with van der Waals surface area (Å²) in [7, 11) is 1.64. The minimum Gasteiger partial charge on any atom is -0.489 e. The second kappa shape index (κ2) is 10.2. The van der Waals surface area contributed by atoms with Gasteiger partial charge in [-0.2, -0.15) is 0 Å². The van der Waals surface area contributed by atoms with E-state index in [4.69, 9.17) is 37.4 Å². The van der Waals surface area contributed by atoms with E-state index in [2.05, 4.69) is 19.2 Å². The lowest BCUT2D eigenvalue weighted by Crippen LogP contribution is -2.22. The molecule has 0 aliphatic rings. The largest absolute Gasteiger partial charge is 0.489 e. The van der Waals surface area contributed by atoms with Crippen LogP contribution in [0.3, 0.4) is 0 Å². The molecule has 1 rings (SSSR count). The monoisotopic (exact) mass is 335 g/mol. The summed E-state index contributed by atoms with van der Waals surface area (Å²) in [6.45, 7) is 6.85. The highest BCUT2D eigenvalue weighted by molar-refractivity contribution is 6.35. The molecule has 0 amide bonds. The number of ether oxygens (including phenoxy) is 3. The van der Waals surface area contributed by atoms with Crippen molar-refractivity contribution >= 4 is 23.2 Å². The second-order valence-electron chi connectivity index (χ2n) is 4.87. The molecule has 1 aromatic carbocycles. The molecule has 120 valence electrons. The van der Waals surface area contributed by atoms with E-state index >= 15 is 0 Å². The summed E-state index contributed by atoms with van der Waals surface area (Å²) in [5.41, 5.74) is 0.943. The molecule has 0 radical (unpaired) electrons. The van der Waals surface area contributed by atoms with E-state index in [0.29, 0.717) is 54.8 Å². The van der Waals surface area contributed by atoms with Crippen LogP contribution < -0.4 is 10.1 Å². The molecular weight excluding hydrogens is 313 g/mol. The van der Waals surface area contributed by atoms with Gasteiger partial charge in [0, 0.05) is 30.3 Å². The Balaban J connectivity index is 2.57. The van der Waals surface area contributed by atoms with Crippen molar-refractivity contribution in [2.45, 2.75) is 26.4 Å². The zero-order valence-electron chi connectivity index (χ0n) is 12.7. The van der Waals surface area contributed by atoms with Gasteiger partial charge in [-0.05, 0) is 12.1 Å². The molecule has 0 saturated heterocycles. The number of halogens is 2. The Labute approximate surface area is 136 Å². The first-order chi connectivity index (χ1) is 10.0. The maximum Gasteiger partial charge on any atom is 0.142 e. The van der Waals surface area contributed by atoms with E-state index in [-0.39, 0.29) is 0 Å². The third-order valence-electron chi connectivity index (χ3n) is 2.69. The highest BCUT2D eigenvalue weighted by Gasteiger charge is 2.11. The standard InChI is InChI=1S/C15H23Cl2NO3/c1-11(2)18-10-12-8-13(16)9-14(17)15(12)21-7-6-20-5-4-19-3/h8-9,11,18H,4-7,10H2,1-3H3. The van der Waals surface area contributed by atoms with Gasteiger partial charge in [-0.15, -0.1) is 0 Å². The summed E-state index contributed by atoms with van der Waals surface area (Å²) >= 11 is 12.3. The fourth-order valence-corrected chi connectivity index (χ4v) is 2.26. The van der Waals surface area contributed by atoms with Gasteiger partial charge in [-0.1, -0.05) is 37.0 Å². The summed E-state index contributed by atoms with van der Waals surface area (Å²) in [4.78, 5) is 0. The van der Waals surface area contributed by atoms with E-state index in [1.54, 1.807) is 13.2 Å². The summed E-state index contributed by atoms with van der Waals surface area (Å²) in [5.74, 6) is 0.657. The van der Waals surface area contributed by atoms with E-state index in [0.717, 1.165) is 5.56 Å². The van der Waals surface area contributed by atoms with Crippen molar-refractivity contribution in [3.63, 3.8) is 0 Å². The molecule has 0 bridgehead atoms. The minimum absolute atomic E-state index is 0.369. The fourth-order valence-electron chi connectivity index (χ4n) is 1.67. The van der Waals surface area contributed by atoms with Gasteiger partial charge in [-0.25, -0.2) is 0 Å². The van der Waals surface area contributed by atoms with Crippen LogP contribution in [-0.4, -0.2) is 39.6 Å². The molecule has 0 atom stereocenters. The fraction of sp³-hybridized carbons (Fsp3) is 0.600. The van der Waals surface area contributed by atoms with Gasteiger partial charge in [-0.3, -0.25) is 0 Å². The van der Waals surface area contributed by atoms with E-state index in [1.165, 1.54) is 0 Å². The number of hydrogen-bond acceptors (Lipinski definition) is 4. The predicted octanol–water partition coefficient (Wildman–Crippen LogP) is 3.53. The Morgan fingerprint density at radius 3 is 2.48 bits per heavy atom. The normalized spacial score (nSPS) is 11.1. The molecule has 0 heterocycles. The van der Waals surface area contributed by atoms with Crippen molar-refractivity contribution in [2.75, 3.05) is 33.5 Å². The molecule has 0 spiro atoms. The van der Waals surface area contributed by atoms with Crippen molar-refractivity contribution in [3.05, 3.63) is 27.7 Å². The maximum absolute atomic E-state index is 6.21. The van der Waals surface area contributed by atoms with Crippen molar-refractivity contribution in [3.8, 4) is 5.75 Å². The second-order valence-corrected chi connectivity index (χ2v) is 5.71. The van der Waals surface area contributed by atoms with Gasteiger partial charge in [0.1, 0.15) is 12.4 Å². The third kappa shape index (κ3) is 7.34. The van der Waals surface area contributed by atoms with E-state index in [9.17, 15) is 0 Å². The zero-order chi connectivity index (χ0) is 15.7. The zero-order valence-corrected chi connectivity index (χ0v) is 14.3. The van der Waals surface area contributed by atoms with Crippen LogP contribution in [0.5, 0.6) is 5.75 Å². The Kier molecular flexibility index (Phi) is 9.04. The van der Waals surface area contributed by atoms with Crippen LogP contribution in [0, 0.1) is 0 Å². The maximum atomic E-state index is 6.21. The van der Waals surface area contributed by atoms with Crippen LogP contribution in [0.25, 0.3) is 0 Å². The van der Waals surface area contributed by atoms with Crippen LogP contribution in [0.15, 0.2) is 12.1 Å². The SMILES string of the molecule is COCCOCCOc1c(Cl)cc(Cl)cc1CNC(C)C. The van der Waals surface area contributed by atoms with Crippen LogP contribution in [0.1, 0.15) is 19.4 Å². The number of methoxy groups -OCH3 is 1. The van der Waals surface area contributed by atoms with Crippen LogP contribution >= 0.6 is 23.2 Å². The minimum atomic E-state index is 0.369. The highest BCUT2D eigenvalue weighted by atomic mass is 35.5. The van der Waals surface area contributed by atoms with Crippen molar-refractivity contribution in [2.24, 2.45) is 0 Å².